The Morgan fingerprint density at radius 3 is 2.26 bits per heavy atom. The van der Waals surface area contributed by atoms with Gasteiger partial charge in [0.15, 0.2) is 0 Å². The van der Waals surface area contributed by atoms with Crippen LogP contribution in [0, 0.1) is 11.8 Å². The molecular weight excluding hydrogens is 248 g/mol. The highest BCUT2D eigenvalue weighted by atomic mass is 16.4. The first-order chi connectivity index (χ1) is 8.84. The third kappa shape index (κ3) is 3.54. The molecule has 4 N–H and O–H groups in total. The predicted octanol–water partition coefficient (Wildman–Crippen LogP) is 1.08. The maximum Gasteiger partial charge on any atom is 0.307 e. The quantitative estimate of drug-likeness (QED) is 0.739. The Bertz CT molecular complexity index is 513. The van der Waals surface area contributed by atoms with Crippen molar-refractivity contribution in [3.63, 3.8) is 0 Å². The maximum absolute atomic E-state index is 11.9. The van der Waals surface area contributed by atoms with Crippen molar-refractivity contribution in [2.24, 2.45) is 17.6 Å². The van der Waals surface area contributed by atoms with Gasteiger partial charge in [-0.25, -0.2) is 0 Å². The summed E-state index contributed by atoms with van der Waals surface area (Å²) in [5.41, 5.74) is 5.66. The highest BCUT2D eigenvalue weighted by Crippen LogP contribution is 2.18. The van der Waals surface area contributed by atoms with Crippen LogP contribution in [0.3, 0.4) is 0 Å². The number of carboxylic acid groups (broad SMARTS) is 1. The molecule has 2 amide bonds. The lowest BCUT2D eigenvalue weighted by Crippen LogP contribution is -2.30. The van der Waals surface area contributed by atoms with E-state index in [1.807, 2.05) is 0 Å². The van der Waals surface area contributed by atoms with Crippen LogP contribution in [0.1, 0.15) is 24.2 Å². The van der Waals surface area contributed by atoms with Crippen LogP contribution in [0.5, 0.6) is 0 Å². The first-order valence-corrected chi connectivity index (χ1v) is 5.77. The monoisotopic (exact) mass is 264 g/mol. The molecule has 0 radical (unpaired) electrons. The van der Waals surface area contributed by atoms with E-state index in [1.54, 1.807) is 12.1 Å². The zero-order valence-corrected chi connectivity index (χ0v) is 10.7. The summed E-state index contributed by atoms with van der Waals surface area (Å²) in [6.07, 6.45) is 0. The normalized spacial score (nSPS) is 13.4. The molecule has 0 heterocycles. The molecular formula is C13H16N2O4. The minimum absolute atomic E-state index is 0.186. The number of carbonyl (C=O) groups excluding carboxylic acids is 2. The summed E-state index contributed by atoms with van der Waals surface area (Å²) in [4.78, 5) is 33.9. The number of rotatable bonds is 5. The molecule has 0 aliphatic carbocycles. The number of anilines is 1. The molecule has 0 saturated carbocycles. The number of amides is 2. The van der Waals surface area contributed by atoms with Crippen molar-refractivity contribution in [1.82, 2.24) is 0 Å². The van der Waals surface area contributed by atoms with Crippen molar-refractivity contribution in [1.29, 1.82) is 0 Å². The smallest absolute Gasteiger partial charge is 0.307 e. The number of aliphatic carboxylic acids is 1. The molecule has 1 aromatic carbocycles. The number of benzene rings is 1. The van der Waals surface area contributed by atoms with Gasteiger partial charge in [-0.2, -0.15) is 0 Å². The van der Waals surface area contributed by atoms with Crippen molar-refractivity contribution >= 4 is 23.5 Å². The highest BCUT2D eigenvalue weighted by molar-refractivity contribution is 6.03. The van der Waals surface area contributed by atoms with Crippen LogP contribution in [0.25, 0.3) is 0 Å². The van der Waals surface area contributed by atoms with Crippen LogP contribution >= 0.6 is 0 Å². The molecule has 2 atom stereocenters. The Hall–Kier alpha value is -2.37. The maximum atomic E-state index is 11.9. The molecule has 6 nitrogen and oxygen atoms in total. The van der Waals surface area contributed by atoms with E-state index in [1.165, 1.54) is 26.0 Å². The Balaban J connectivity index is 2.88. The first-order valence-electron chi connectivity index (χ1n) is 5.77. The number of hydrogen-bond acceptors (Lipinski definition) is 3. The molecule has 19 heavy (non-hydrogen) atoms. The van der Waals surface area contributed by atoms with Gasteiger partial charge in [0.1, 0.15) is 0 Å². The molecule has 1 aromatic rings. The fourth-order valence-electron chi connectivity index (χ4n) is 1.49. The van der Waals surface area contributed by atoms with E-state index in [9.17, 15) is 14.4 Å². The third-order valence-corrected chi connectivity index (χ3v) is 3.00. The standard InChI is InChI=1S/C13H16N2O4/c1-7(8(2)13(18)19)12(17)15-10-6-4-3-5-9(10)11(14)16/h3-8H,1-2H3,(H2,14,16)(H,15,17)(H,18,19). The molecule has 6 heteroatoms. The van der Waals surface area contributed by atoms with Crippen LogP contribution in [0.15, 0.2) is 24.3 Å². The summed E-state index contributed by atoms with van der Waals surface area (Å²) >= 11 is 0. The van der Waals surface area contributed by atoms with Crippen molar-refractivity contribution in [3.8, 4) is 0 Å². The zero-order valence-electron chi connectivity index (χ0n) is 10.7. The summed E-state index contributed by atoms with van der Waals surface area (Å²) in [6.45, 7) is 2.97. The molecule has 0 aliphatic heterocycles. The van der Waals surface area contributed by atoms with E-state index in [4.69, 9.17) is 10.8 Å². The molecule has 0 aliphatic rings. The van der Waals surface area contributed by atoms with E-state index in [0.29, 0.717) is 0 Å². The summed E-state index contributed by atoms with van der Waals surface area (Å²) in [7, 11) is 0. The first kappa shape index (κ1) is 14.7. The Kier molecular flexibility index (Phi) is 4.63. The van der Waals surface area contributed by atoms with Crippen LogP contribution in [0.2, 0.25) is 0 Å². The van der Waals surface area contributed by atoms with Gasteiger partial charge in [-0.15, -0.1) is 0 Å². The van der Waals surface area contributed by atoms with Gasteiger partial charge in [0, 0.05) is 5.92 Å². The van der Waals surface area contributed by atoms with Gasteiger partial charge in [0.2, 0.25) is 5.91 Å². The van der Waals surface area contributed by atoms with E-state index < -0.39 is 29.6 Å². The lowest BCUT2D eigenvalue weighted by atomic mass is 9.95. The zero-order chi connectivity index (χ0) is 14.6. The molecule has 1 rings (SSSR count). The van der Waals surface area contributed by atoms with Crippen molar-refractivity contribution < 1.29 is 19.5 Å². The van der Waals surface area contributed by atoms with Gasteiger partial charge in [-0.1, -0.05) is 26.0 Å². The summed E-state index contributed by atoms with van der Waals surface area (Å²) in [6, 6.07) is 6.30. The fraction of sp³-hybridized carbons (Fsp3) is 0.308. The van der Waals surface area contributed by atoms with Crippen LogP contribution < -0.4 is 11.1 Å². The molecule has 0 saturated heterocycles. The highest BCUT2D eigenvalue weighted by Gasteiger charge is 2.26. The van der Waals surface area contributed by atoms with E-state index >= 15 is 0 Å². The molecule has 2 unspecified atom stereocenters. The summed E-state index contributed by atoms with van der Waals surface area (Å²) < 4.78 is 0. The second-order valence-electron chi connectivity index (χ2n) is 4.31. The lowest BCUT2D eigenvalue weighted by Gasteiger charge is -2.16. The fourth-order valence-corrected chi connectivity index (χ4v) is 1.49. The molecule has 102 valence electrons. The van der Waals surface area contributed by atoms with Crippen molar-refractivity contribution in [2.75, 3.05) is 5.32 Å². The van der Waals surface area contributed by atoms with Crippen LogP contribution in [0.4, 0.5) is 5.69 Å². The SMILES string of the molecule is CC(C(=O)O)C(C)C(=O)Nc1ccccc1C(N)=O. The molecule has 0 spiro atoms. The lowest BCUT2D eigenvalue weighted by molar-refractivity contribution is -0.145. The number of carbonyl (C=O) groups is 3. The number of nitrogens with one attached hydrogen (secondary N) is 1. The Morgan fingerprint density at radius 2 is 1.74 bits per heavy atom. The largest absolute Gasteiger partial charge is 0.481 e. The van der Waals surface area contributed by atoms with Crippen molar-refractivity contribution in [3.05, 3.63) is 29.8 Å². The van der Waals surface area contributed by atoms with Gasteiger partial charge in [-0.3, -0.25) is 14.4 Å². The average molecular weight is 264 g/mol. The second kappa shape index (κ2) is 5.99. The van der Waals surface area contributed by atoms with Gasteiger partial charge < -0.3 is 16.2 Å². The number of primary amides is 1. The van der Waals surface area contributed by atoms with E-state index in [-0.39, 0.29) is 11.3 Å². The predicted molar refractivity (Wildman–Crippen MR) is 69.6 cm³/mol. The van der Waals surface area contributed by atoms with Gasteiger partial charge >= 0.3 is 5.97 Å². The van der Waals surface area contributed by atoms with Gasteiger partial charge in [0.25, 0.3) is 5.91 Å². The van der Waals surface area contributed by atoms with E-state index in [2.05, 4.69) is 5.32 Å². The van der Waals surface area contributed by atoms with Crippen molar-refractivity contribution in [2.45, 2.75) is 13.8 Å². The van der Waals surface area contributed by atoms with Gasteiger partial charge in [-0.05, 0) is 12.1 Å². The average Bonchev–Trinajstić information content (AvgIpc) is 2.37. The Labute approximate surface area is 110 Å². The summed E-state index contributed by atoms with van der Waals surface area (Å²) in [5, 5.41) is 11.4. The number of nitrogens with two attached hydrogens (primary N) is 1. The van der Waals surface area contributed by atoms with Crippen LogP contribution in [-0.4, -0.2) is 22.9 Å². The number of para-hydroxylation sites is 1. The number of carboxylic acids is 1. The molecule has 0 fully saturated rings. The minimum Gasteiger partial charge on any atom is -0.481 e. The summed E-state index contributed by atoms with van der Waals surface area (Å²) in [5.74, 6) is -3.72. The van der Waals surface area contributed by atoms with Gasteiger partial charge in [0.05, 0.1) is 17.2 Å². The minimum atomic E-state index is -1.05. The Morgan fingerprint density at radius 1 is 1.16 bits per heavy atom. The van der Waals surface area contributed by atoms with Crippen LogP contribution in [-0.2, 0) is 9.59 Å². The number of hydrogen-bond donors (Lipinski definition) is 3. The third-order valence-electron chi connectivity index (χ3n) is 3.00. The molecule has 0 aromatic heterocycles. The second-order valence-corrected chi connectivity index (χ2v) is 4.31. The van der Waals surface area contributed by atoms with E-state index in [0.717, 1.165) is 0 Å². The molecule has 0 bridgehead atoms. The topological polar surface area (TPSA) is 109 Å².